The molecule has 0 fully saturated rings. The lowest BCUT2D eigenvalue weighted by molar-refractivity contribution is 0.108. The number of hydrogen-bond acceptors (Lipinski definition) is 3. The summed E-state index contributed by atoms with van der Waals surface area (Å²) in [5.74, 6) is 0.547. The maximum Gasteiger partial charge on any atom is 0.138 e. The van der Waals surface area contributed by atoms with E-state index in [9.17, 15) is 5.11 Å². The van der Waals surface area contributed by atoms with Gasteiger partial charge in [-0.1, -0.05) is 48.0 Å². The molecule has 2 aromatic carbocycles. The van der Waals surface area contributed by atoms with Gasteiger partial charge in [-0.05, 0) is 30.2 Å². The Kier molecular flexibility index (Phi) is 5.01. The minimum Gasteiger partial charge on any atom is -0.489 e. The average Bonchev–Trinajstić information content (AvgIpc) is 2.46. The van der Waals surface area contributed by atoms with Crippen LogP contribution in [-0.4, -0.2) is 11.7 Å². The third kappa shape index (κ3) is 3.73. The van der Waals surface area contributed by atoms with Crippen LogP contribution in [0.4, 0.5) is 0 Å². The van der Waals surface area contributed by atoms with Gasteiger partial charge in [0.25, 0.3) is 0 Å². The molecule has 1 unspecified atom stereocenters. The summed E-state index contributed by atoms with van der Waals surface area (Å²) in [5, 5.41) is 10.5. The molecule has 2 atom stereocenters. The molecule has 0 saturated carbocycles. The molecule has 2 rings (SSSR count). The Hall–Kier alpha value is -1.55. The zero-order valence-corrected chi connectivity index (χ0v) is 12.0. The quantitative estimate of drug-likeness (QED) is 0.887. The minimum absolute atomic E-state index is 0.0727. The van der Waals surface area contributed by atoms with Crippen LogP contribution < -0.4 is 10.5 Å². The summed E-state index contributed by atoms with van der Waals surface area (Å²) in [5.41, 5.74) is 7.56. The van der Waals surface area contributed by atoms with Gasteiger partial charge in [-0.25, -0.2) is 0 Å². The second kappa shape index (κ2) is 6.75. The Balaban J connectivity index is 2.01. The molecule has 106 valence electrons. The highest BCUT2D eigenvalue weighted by Gasteiger charge is 2.10. The third-order valence-electron chi connectivity index (χ3n) is 3.06. The largest absolute Gasteiger partial charge is 0.489 e. The Bertz CT molecular complexity index is 558. The monoisotopic (exact) mass is 291 g/mol. The molecule has 0 aromatic heterocycles. The molecule has 20 heavy (non-hydrogen) atoms. The summed E-state index contributed by atoms with van der Waals surface area (Å²) in [4.78, 5) is 0. The second-order valence-electron chi connectivity index (χ2n) is 4.72. The Morgan fingerprint density at radius 2 is 1.85 bits per heavy atom. The summed E-state index contributed by atoms with van der Waals surface area (Å²) in [6, 6.07) is 14.7. The predicted molar refractivity (Wildman–Crippen MR) is 81.0 cm³/mol. The van der Waals surface area contributed by atoms with Crippen LogP contribution in [0.2, 0.25) is 5.02 Å². The topological polar surface area (TPSA) is 55.5 Å². The van der Waals surface area contributed by atoms with E-state index in [-0.39, 0.29) is 12.6 Å². The van der Waals surface area contributed by atoms with E-state index in [1.165, 1.54) is 0 Å². The molecule has 0 aliphatic carbocycles. The highest BCUT2D eigenvalue weighted by molar-refractivity contribution is 6.32. The van der Waals surface area contributed by atoms with Gasteiger partial charge in [0.15, 0.2) is 0 Å². The fraction of sp³-hybridized carbons (Fsp3) is 0.250. The lowest BCUT2D eigenvalue weighted by Crippen LogP contribution is -2.10. The van der Waals surface area contributed by atoms with E-state index < -0.39 is 6.10 Å². The third-order valence-corrected chi connectivity index (χ3v) is 3.36. The molecule has 0 amide bonds. The van der Waals surface area contributed by atoms with Crippen LogP contribution in [-0.2, 0) is 0 Å². The van der Waals surface area contributed by atoms with Gasteiger partial charge in [-0.15, -0.1) is 0 Å². The molecular formula is C16H18ClNO2. The number of aliphatic hydroxyl groups is 1. The molecule has 0 spiro atoms. The van der Waals surface area contributed by atoms with Crippen LogP contribution in [0.3, 0.4) is 0 Å². The number of ether oxygens (including phenoxy) is 1. The summed E-state index contributed by atoms with van der Waals surface area (Å²) < 4.78 is 5.56. The van der Waals surface area contributed by atoms with Crippen LogP contribution in [0, 0.1) is 0 Å². The molecule has 0 saturated heterocycles. The lowest BCUT2D eigenvalue weighted by Gasteiger charge is -2.14. The maximum atomic E-state index is 10.0. The number of benzene rings is 2. The molecule has 0 heterocycles. The first-order valence-electron chi connectivity index (χ1n) is 6.48. The highest BCUT2D eigenvalue weighted by Crippen LogP contribution is 2.28. The van der Waals surface area contributed by atoms with Gasteiger partial charge in [0.05, 0.1) is 5.02 Å². The fourth-order valence-electron chi connectivity index (χ4n) is 1.86. The number of halogens is 1. The van der Waals surface area contributed by atoms with Crippen LogP contribution >= 0.6 is 11.6 Å². The molecule has 0 bridgehead atoms. The van der Waals surface area contributed by atoms with Crippen LogP contribution in [0.15, 0.2) is 48.5 Å². The summed E-state index contributed by atoms with van der Waals surface area (Å²) in [6.07, 6.45) is -0.680. The van der Waals surface area contributed by atoms with Crippen molar-refractivity contribution in [2.24, 2.45) is 5.73 Å². The van der Waals surface area contributed by atoms with E-state index in [0.29, 0.717) is 10.8 Å². The van der Waals surface area contributed by atoms with Crippen LogP contribution in [0.25, 0.3) is 0 Å². The molecule has 3 nitrogen and oxygen atoms in total. The van der Waals surface area contributed by atoms with Gasteiger partial charge >= 0.3 is 0 Å². The van der Waals surface area contributed by atoms with Crippen molar-refractivity contribution >= 4 is 11.6 Å². The summed E-state index contributed by atoms with van der Waals surface area (Å²) in [6.45, 7) is 2.05. The Morgan fingerprint density at radius 3 is 2.45 bits per heavy atom. The Morgan fingerprint density at radius 1 is 1.15 bits per heavy atom. The summed E-state index contributed by atoms with van der Waals surface area (Å²) in [7, 11) is 0. The van der Waals surface area contributed by atoms with Gasteiger partial charge < -0.3 is 15.6 Å². The Labute approximate surface area is 123 Å². The van der Waals surface area contributed by atoms with Gasteiger partial charge in [-0.3, -0.25) is 0 Å². The molecule has 2 aromatic rings. The first kappa shape index (κ1) is 14.9. The molecule has 4 heteroatoms. The SMILES string of the molecule is C[C@@H](N)c1ccc(OCC(O)c2ccccc2)c(Cl)c1. The average molecular weight is 292 g/mol. The first-order valence-corrected chi connectivity index (χ1v) is 6.86. The van der Waals surface area contributed by atoms with Gasteiger partial charge in [0.1, 0.15) is 18.5 Å². The van der Waals surface area contributed by atoms with Crippen molar-refractivity contribution in [2.75, 3.05) is 6.61 Å². The van der Waals surface area contributed by atoms with Crippen molar-refractivity contribution in [3.63, 3.8) is 0 Å². The van der Waals surface area contributed by atoms with Crippen molar-refractivity contribution in [3.8, 4) is 5.75 Å². The normalized spacial score (nSPS) is 13.8. The van der Waals surface area contributed by atoms with Crippen molar-refractivity contribution in [3.05, 3.63) is 64.7 Å². The number of nitrogens with two attached hydrogens (primary N) is 1. The molecule has 0 aliphatic rings. The second-order valence-corrected chi connectivity index (χ2v) is 5.12. The van der Waals surface area contributed by atoms with Crippen molar-refractivity contribution in [2.45, 2.75) is 19.1 Å². The van der Waals surface area contributed by atoms with E-state index in [1.807, 2.05) is 43.3 Å². The van der Waals surface area contributed by atoms with E-state index in [2.05, 4.69) is 0 Å². The summed E-state index contributed by atoms with van der Waals surface area (Å²) >= 11 is 6.14. The number of aliphatic hydroxyl groups excluding tert-OH is 1. The molecule has 0 radical (unpaired) electrons. The predicted octanol–water partition coefficient (Wildman–Crippen LogP) is 3.47. The molecule has 3 N–H and O–H groups in total. The van der Waals surface area contributed by atoms with Crippen LogP contribution in [0.5, 0.6) is 5.75 Å². The zero-order chi connectivity index (χ0) is 14.5. The smallest absolute Gasteiger partial charge is 0.138 e. The number of rotatable bonds is 5. The van der Waals surface area contributed by atoms with Crippen LogP contribution in [0.1, 0.15) is 30.2 Å². The standard InChI is InChI=1S/C16H18ClNO2/c1-11(18)13-7-8-16(14(17)9-13)20-10-15(19)12-5-3-2-4-6-12/h2-9,11,15,19H,10,18H2,1H3/t11-,15?/m1/s1. The van der Waals surface area contributed by atoms with E-state index >= 15 is 0 Å². The van der Waals surface area contributed by atoms with Gasteiger partial charge in [0.2, 0.25) is 0 Å². The van der Waals surface area contributed by atoms with E-state index in [0.717, 1.165) is 11.1 Å². The van der Waals surface area contributed by atoms with Crippen molar-refractivity contribution in [1.29, 1.82) is 0 Å². The molecule has 0 aliphatic heterocycles. The maximum absolute atomic E-state index is 10.0. The fourth-order valence-corrected chi connectivity index (χ4v) is 2.10. The minimum atomic E-state index is -0.680. The van der Waals surface area contributed by atoms with Gasteiger partial charge in [0, 0.05) is 6.04 Å². The van der Waals surface area contributed by atoms with E-state index in [1.54, 1.807) is 12.1 Å². The zero-order valence-electron chi connectivity index (χ0n) is 11.3. The highest BCUT2D eigenvalue weighted by atomic mass is 35.5. The van der Waals surface area contributed by atoms with Crippen molar-refractivity contribution < 1.29 is 9.84 Å². The number of hydrogen-bond donors (Lipinski definition) is 2. The molecular weight excluding hydrogens is 274 g/mol. The first-order chi connectivity index (χ1) is 9.58. The van der Waals surface area contributed by atoms with Gasteiger partial charge in [-0.2, -0.15) is 0 Å². The lowest BCUT2D eigenvalue weighted by atomic mass is 10.1. The van der Waals surface area contributed by atoms with E-state index in [4.69, 9.17) is 22.1 Å². The van der Waals surface area contributed by atoms with Crippen molar-refractivity contribution in [1.82, 2.24) is 0 Å².